The van der Waals surface area contributed by atoms with Crippen molar-refractivity contribution >= 4 is 43.3 Å². The van der Waals surface area contributed by atoms with Gasteiger partial charge < -0.3 is 24.3 Å². The number of hydrogen-bond acceptors (Lipinski definition) is 7. The molecule has 3 fully saturated rings. The van der Waals surface area contributed by atoms with Crippen molar-refractivity contribution in [3.63, 3.8) is 0 Å². The number of hydrogen-bond donors (Lipinski definition) is 2. The molecule has 0 bridgehead atoms. The van der Waals surface area contributed by atoms with Crippen molar-refractivity contribution < 1.29 is 33.8 Å². The van der Waals surface area contributed by atoms with Gasteiger partial charge in [0.1, 0.15) is 6.61 Å². The molecule has 3 saturated heterocycles. The minimum Gasteiger partial charge on any atom is -0.447 e. The van der Waals surface area contributed by atoms with Crippen molar-refractivity contribution in [2.75, 3.05) is 36.1 Å². The number of carbonyl (C=O) groups is 3. The van der Waals surface area contributed by atoms with Crippen LogP contribution in [-0.2, 0) is 24.7 Å². The van der Waals surface area contributed by atoms with Gasteiger partial charge in [-0.05, 0) is 56.3 Å². The van der Waals surface area contributed by atoms with Gasteiger partial charge in [0, 0.05) is 34.9 Å². The van der Waals surface area contributed by atoms with Crippen LogP contribution in [-0.4, -0.2) is 79.5 Å². The van der Waals surface area contributed by atoms with Crippen LogP contribution in [0.15, 0.2) is 48.5 Å². The highest BCUT2D eigenvalue weighted by atomic mass is 28.4. The van der Waals surface area contributed by atoms with Crippen LogP contribution < -0.4 is 9.80 Å². The molecule has 0 saturated carbocycles. The van der Waals surface area contributed by atoms with Crippen molar-refractivity contribution in [1.29, 1.82) is 0 Å². The number of rotatable bonds is 6. The Morgan fingerprint density at radius 3 is 2.51 bits per heavy atom. The second kappa shape index (κ2) is 10.2. The zero-order valence-electron chi connectivity index (χ0n) is 23.7. The summed E-state index contributed by atoms with van der Waals surface area (Å²) >= 11 is 0. The zero-order chi connectivity index (χ0) is 29.1. The molecule has 2 aromatic rings. The normalized spacial score (nSPS) is 29.5. The maximum absolute atomic E-state index is 14.7. The van der Waals surface area contributed by atoms with Crippen LogP contribution in [0.4, 0.5) is 21.9 Å². The monoisotopic (exact) mass is 579 g/mol. The zero-order valence-corrected chi connectivity index (χ0v) is 24.7. The highest BCUT2D eigenvalue weighted by molar-refractivity contribution is 6.71. The average molecular weight is 580 g/mol. The van der Waals surface area contributed by atoms with Crippen molar-refractivity contribution in [2.24, 2.45) is 5.92 Å². The van der Waals surface area contributed by atoms with E-state index >= 15 is 0 Å². The number of carbonyl (C=O) groups excluding carboxylic acids is 3. The average Bonchev–Trinajstić information content (AvgIpc) is 3.70. The van der Waals surface area contributed by atoms with Crippen molar-refractivity contribution in [3.05, 3.63) is 54.1 Å². The summed E-state index contributed by atoms with van der Waals surface area (Å²) < 4.78 is 12.0. The number of nitrogens with zero attached hydrogens (tertiary/aromatic N) is 3. The molecule has 1 spiro atoms. The molecule has 0 aromatic heterocycles. The smallest absolute Gasteiger partial charge is 0.414 e. The van der Waals surface area contributed by atoms with Crippen molar-refractivity contribution in [2.45, 2.75) is 62.6 Å². The van der Waals surface area contributed by atoms with Crippen molar-refractivity contribution in [3.8, 4) is 0 Å². The third-order valence-corrected chi connectivity index (χ3v) is 11.7. The van der Waals surface area contributed by atoms with Crippen LogP contribution in [0.25, 0.3) is 0 Å². The predicted molar refractivity (Wildman–Crippen MR) is 154 cm³/mol. The Kier molecular flexibility index (Phi) is 6.96. The third kappa shape index (κ3) is 4.37. The van der Waals surface area contributed by atoms with Crippen LogP contribution >= 0.6 is 0 Å². The molecule has 4 heterocycles. The van der Waals surface area contributed by atoms with E-state index in [1.807, 2.05) is 62.5 Å². The first-order valence-electron chi connectivity index (χ1n) is 14.4. The number of para-hydroxylation sites is 1. The summed E-state index contributed by atoms with van der Waals surface area (Å²) in [6.07, 6.45) is 0.440. The van der Waals surface area contributed by atoms with E-state index in [9.17, 15) is 24.3 Å². The summed E-state index contributed by atoms with van der Waals surface area (Å²) in [6.45, 7) is 6.74. The number of ether oxygens (including phenoxy) is 2. The highest BCUT2D eigenvalue weighted by Gasteiger charge is 2.67. The fourth-order valence-electron chi connectivity index (χ4n) is 7.46. The van der Waals surface area contributed by atoms with Gasteiger partial charge in [-0.2, -0.15) is 0 Å². The Hall–Kier alpha value is -3.25. The molecule has 2 N–H and O–H groups in total. The first kappa shape index (κ1) is 27.9. The SMILES string of the molecule is C[C@H]1[C@H]([Si](C)(C)O)[C@@H](CC(=O)N2CCC[C@H]2CO)O[C@]12C(=O)N(c1ccccc1)c1ccc(N3CCOC3=O)cc12. The van der Waals surface area contributed by atoms with Gasteiger partial charge in [-0.1, -0.05) is 25.1 Å². The Balaban J connectivity index is 1.46. The molecule has 0 unspecified atom stereocenters. The molecule has 6 rings (SSSR count). The lowest BCUT2D eigenvalue weighted by atomic mass is 9.82. The fraction of sp³-hybridized carbons (Fsp3) is 0.500. The molecule has 4 aliphatic rings. The number of amides is 3. The Morgan fingerprint density at radius 2 is 1.85 bits per heavy atom. The van der Waals surface area contributed by atoms with Gasteiger partial charge in [-0.3, -0.25) is 19.4 Å². The van der Waals surface area contributed by atoms with E-state index in [1.165, 1.54) is 4.90 Å². The molecule has 218 valence electrons. The van der Waals surface area contributed by atoms with Gasteiger partial charge >= 0.3 is 6.09 Å². The Bertz CT molecular complexity index is 1370. The van der Waals surface area contributed by atoms with Gasteiger partial charge in [0.25, 0.3) is 5.91 Å². The molecule has 0 aliphatic carbocycles. The summed E-state index contributed by atoms with van der Waals surface area (Å²) in [5.41, 5.74) is 0.655. The maximum Gasteiger partial charge on any atom is 0.414 e. The number of aliphatic hydroxyl groups excluding tert-OH is 1. The van der Waals surface area contributed by atoms with Crippen LogP contribution in [0.5, 0.6) is 0 Å². The van der Waals surface area contributed by atoms with E-state index in [1.54, 1.807) is 15.9 Å². The molecular formula is C30H37N3O7Si. The van der Waals surface area contributed by atoms with Gasteiger partial charge in [0.15, 0.2) is 13.9 Å². The summed E-state index contributed by atoms with van der Waals surface area (Å²) in [6, 6.07) is 14.6. The molecule has 10 nitrogen and oxygen atoms in total. The van der Waals surface area contributed by atoms with Crippen LogP contribution in [0.3, 0.4) is 0 Å². The van der Waals surface area contributed by atoms with Gasteiger partial charge in [-0.15, -0.1) is 0 Å². The van der Waals surface area contributed by atoms with Crippen LogP contribution in [0.2, 0.25) is 18.6 Å². The Morgan fingerprint density at radius 1 is 1.10 bits per heavy atom. The van der Waals surface area contributed by atoms with E-state index in [0.29, 0.717) is 35.7 Å². The summed E-state index contributed by atoms with van der Waals surface area (Å²) in [5, 5.41) is 9.81. The molecule has 0 radical (unpaired) electrons. The lowest BCUT2D eigenvalue weighted by molar-refractivity contribution is -0.149. The Labute approximate surface area is 240 Å². The second-order valence-corrected chi connectivity index (χ2v) is 16.0. The lowest BCUT2D eigenvalue weighted by Gasteiger charge is -2.33. The van der Waals surface area contributed by atoms with E-state index in [-0.39, 0.29) is 37.5 Å². The standard InChI is InChI=1S/C30H37N3O7Si/c1-19-27(41(2,3)38)25(17-26(35)31-13-7-10-22(31)18-34)40-30(19)23-16-21(32-14-15-39-29(32)37)11-12-24(23)33(28(30)36)20-8-5-4-6-9-20/h4-6,8-9,11-12,16,19,22,25,27,34,38H,7,10,13-15,17-18H2,1-3H3/t19-,22-,25+,27-,30+/m0/s1. The molecule has 3 amide bonds. The van der Waals surface area contributed by atoms with E-state index in [2.05, 4.69) is 0 Å². The minimum absolute atomic E-state index is 0.0103. The van der Waals surface area contributed by atoms with Crippen LogP contribution in [0, 0.1) is 5.92 Å². The molecular weight excluding hydrogens is 542 g/mol. The van der Waals surface area contributed by atoms with Crippen molar-refractivity contribution in [1.82, 2.24) is 4.90 Å². The summed E-state index contributed by atoms with van der Waals surface area (Å²) in [7, 11) is -2.98. The highest BCUT2D eigenvalue weighted by Crippen LogP contribution is 2.61. The molecule has 41 heavy (non-hydrogen) atoms. The first-order valence-corrected chi connectivity index (χ1v) is 17.4. The summed E-state index contributed by atoms with van der Waals surface area (Å²) in [5.74, 6) is -0.877. The van der Waals surface area contributed by atoms with Gasteiger partial charge in [0.05, 0.1) is 37.4 Å². The maximum atomic E-state index is 14.7. The molecule has 11 heteroatoms. The van der Waals surface area contributed by atoms with E-state index in [4.69, 9.17) is 9.47 Å². The lowest BCUT2D eigenvalue weighted by Crippen LogP contribution is -2.45. The molecule has 4 aliphatic heterocycles. The van der Waals surface area contributed by atoms with Gasteiger partial charge in [-0.25, -0.2) is 4.79 Å². The second-order valence-electron chi connectivity index (χ2n) is 12.1. The number of likely N-dealkylation sites (tertiary alicyclic amines) is 1. The number of aliphatic hydroxyl groups is 1. The number of cyclic esters (lactones) is 1. The molecule has 5 atom stereocenters. The quantitative estimate of drug-likeness (QED) is 0.503. The molecule has 2 aromatic carbocycles. The largest absolute Gasteiger partial charge is 0.447 e. The predicted octanol–water partition coefficient (Wildman–Crippen LogP) is 3.49. The van der Waals surface area contributed by atoms with Crippen LogP contribution in [0.1, 0.15) is 31.7 Å². The van der Waals surface area contributed by atoms with Gasteiger partial charge in [0.2, 0.25) is 5.91 Å². The summed E-state index contributed by atoms with van der Waals surface area (Å²) in [4.78, 5) is 57.1. The minimum atomic E-state index is -2.98. The van der Waals surface area contributed by atoms with E-state index in [0.717, 1.165) is 12.8 Å². The third-order valence-electron chi connectivity index (χ3n) is 9.25. The number of benzene rings is 2. The van der Waals surface area contributed by atoms with E-state index < -0.39 is 37.6 Å². The number of fused-ring (bicyclic) bond motifs is 2. The number of anilines is 3. The topological polar surface area (TPSA) is 120 Å². The fourth-order valence-corrected chi connectivity index (χ4v) is 10.0. The first-order chi connectivity index (χ1) is 19.6.